The fourth-order valence-electron chi connectivity index (χ4n) is 4.87. The van der Waals surface area contributed by atoms with Gasteiger partial charge in [-0.05, 0) is 88.9 Å². The quantitative estimate of drug-likeness (QED) is 0.269. The lowest BCUT2D eigenvalue weighted by atomic mass is 9.80. The number of nitrogens with zero attached hydrogens (tertiary/aromatic N) is 1. The van der Waals surface area contributed by atoms with Crippen LogP contribution in [0.2, 0.25) is 6.32 Å². The molecule has 0 spiro atoms. The minimum atomic E-state index is -1.59. The molecule has 0 aromatic rings. The molecule has 2 heterocycles. The van der Waals surface area contributed by atoms with E-state index in [0.717, 1.165) is 0 Å². The molecule has 234 valence electrons. The lowest BCUT2D eigenvalue weighted by Gasteiger charge is -2.35. The molecule has 3 amide bonds. The maximum absolute atomic E-state index is 13.2. The number of amides is 3. The second-order valence-electron chi connectivity index (χ2n) is 14.1. The molecule has 41 heavy (non-hydrogen) atoms. The fourth-order valence-corrected chi connectivity index (χ4v) is 4.87. The van der Waals surface area contributed by atoms with Gasteiger partial charge in [0.25, 0.3) is 0 Å². The van der Waals surface area contributed by atoms with Crippen molar-refractivity contribution in [1.82, 2.24) is 15.5 Å². The van der Waals surface area contributed by atoms with Gasteiger partial charge in [-0.2, -0.15) is 0 Å². The predicted molar refractivity (Wildman–Crippen MR) is 153 cm³/mol. The molecule has 1 unspecified atom stereocenters. The van der Waals surface area contributed by atoms with E-state index < -0.39 is 71.2 Å². The summed E-state index contributed by atoms with van der Waals surface area (Å²) in [6.45, 7) is 19.6. The average molecular weight is 584 g/mol. The number of carbonyl (C=O) groups excluding carboxylic acids is 3. The van der Waals surface area contributed by atoms with Crippen LogP contribution in [0, 0.1) is 0 Å². The Labute approximate surface area is 244 Å². The van der Waals surface area contributed by atoms with Crippen LogP contribution in [-0.2, 0) is 28.4 Å². The van der Waals surface area contributed by atoms with Crippen LogP contribution in [0.25, 0.3) is 0 Å². The Hall–Kier alpha value is -2.54. The molecular weight excluding hydrogens is 533 g/mol. The topological polar surface area (TPSA) is 153 Å². The van der Waals surface area contributed by atoms with E-state index in [0.29, 0.717) is 19.2 Å². The number of rotatable bonds is 9. The molecule has 0 radical (unpaired) electrons. The molecule has 0 aromatic heterocycles. The van der Waals surface area contributed by atoms with Crippen LogP contribution in [0.4, 0.5) is 9.59 Å². The third kappa shape index (κ3) is 9.23. The monoisotopic (exact) mass is 583 g/mol. The van der Waals surface area contributed by atoms with Crippen molar-refractivity contribution in [1.29, 1.82) is 0 Å². The number of carbonyl (C=O) groups is 4. The number of likely N-dealkylation sites (tertiary alicyclic amines) is 1. The van der Waals surface area contributed by atoms with E-state index in [-0.39, 0.29) is 19.4 Å². The SMILES string of the molecule is CC(NC(=O)OC(C)(C)C)C(=O)N[C@H]1CN(C(=O)OC(C)(C)C)[C@@](CCCCB2OC(C)(C)C(C)(C)O2)(C(=O)O)C1. The second kappa shape index (κ2) is 12.4. The largest absolute Gasteiger partial charge is 0.479 e. The van der Waals surface area contributed by atoms with Crippen LogP contribution in [0.5, 0.6) is 0 Å². The Morgan fingerprint density at radius 2 is 1.51 bits per heavy atom. The summed E-state index contributed by atoms with van der Waals surface area (Å²) in [5.41, 5.74) is -4.08. The summed E-state index contributed by atoms with van der Waals surface area (Å²) in [7, 11) is -0.405. The molecule has 13 heteroatoms. The van der Waals surface area contributed by atoms with Gasteiger partial charge in [-0.3, -0.25) is 9.69 Å². The normalized spacial score (nSPS) is 24.5. The van der Waals surface area contributed by atoms with E-state index in [9.17, 15) is 24.3 Å². The fraction of sp³-hybridized carbons (Fsp3) is 0.857. The lowest BCUT2D eigenvalue weighted by molar-refractivity contribution is -0.150. The molecule has 0 aliphatic carbocycles. The standard InChI is InChI=1S/C28H50BN3O9/c1-18(30-22(36)38-24(2,3)4)20(33)31-19-16-28(21(34)35,32(17-19)23(37)39-25(5,6)7)14-12-13-15-29-40-26(8,9)27(10,11)41-29/h18-19H,12-17H2,1-11H3,(H,30,36)(H,31,33)(H,34,35)/t18?,19-,28-/m1/s1. The Balaban J connectivity index is 2.13. The molecule has 2 saturated heterocycles. The van der Waals surface area contributed by atoms with Crippen molar-refractivity contribution < 1.29 is 43.1 Å². The van der Waals surface area contributed by atoms with Gasteiger partial charge < -0.3 is 34.5 Å². The van der Waals surface area contributed by atoms with Gasteiger partial charge in [0.05, 0.1) is 11.2 Å². The van der Waals surface area contributed by atoms with Crippen molar-refractivity contribution >= 4 is 31.2 Å². The highest BCUT2D eigenvalue weighted by Crippen LogP contribution is 2.39. The Morgan fingerprint density at radius 1 is 0.976 bits per heavy atom. The van der Waals surface area contributed by atoms with Gasteiger partial charge in [0.2, 0.25) is 5.91 Å². The van der Waals surface area contributed by atoms with Crippen molar-refractivity contribution in [2.45, 2.75) is 148 Å². The summed E-state index contributed by atoms with van der Waals surface area (Å²) in [5, 5.41) is 15.7. The first-order chi connectivity index (χ1) is 18.5. The number of alkyl carbamates (subject to hydrolysis) is 1. The van der Waals surface area contributed by atoms with Crippen LogP contribution in [0.1, 0.15) is 102 Å². The third-order valence-corrected chi connectivity index (χ3v) is 7.57. The minimum Gasteiger partial charge on any atom is -0.479 e. The zero-order valence-electron chi connectivity index (χ0n) is 26.6. The van der Waals surface area contributed by atoms with Crippen LogP contribution in [0.15, 0.2) is 0 Å². The highest BCUT2D eigenvalue weighted by atomic mass is 16.7. The first-order valence-electron chi connectivity index (χ1n) is 14.4. The van der Waals surface area contributed by atoms with E-state index in [1.54, 1.807) is 41.5 Å². The second-order valence-corrected chi connectivity index (χ2v) is 14.1. The first kappa shape index (κ1) is 34.7. The van der Waals surface area contributed by atoms with Gasteiger partial charge in [0.1, 0.15) is 22.8 Å². The number of hydrogen-bond acceptors (Lipinski definition) is 8. The van der Waals surface area contributed by atoms with Crippen molar-refractivity contribution in [2.75, 3.05) is 6.54 Å². The van der Waals surface area contributed by atoms with Gasteiger partial charge >= 0.3 is 25.3 Å². The van der Waals surface area contributed by atoms with Crippen LogP contribution in [0.3, 0.4) is 0 Å². The molecule has 0 aromatic carbocycles. The third-order valence-electron chi connectivity index (χ3n) is 7.57. The van der Waals surface area contributed by atoms with E-state index in [4.69, 9.17) is 18.8 Å². The maximum atomic E-state index is 13.2. The summed E-state index contributed by atoms with van der Waals surface area (Å²) in [6, 6.07) is -1.61. The van der Waals surface area contributed by atoms with Crippen molar-refractivity contribution in [3.8, 4) is 0 Å². The molecule has 2 aliphatic rings. The molecule has 2 rings (SSSR count). The number of aliphatic carboxylic acids is 1. The van der Waals surface area contributed by atoms with Crippen molar-refractivity contribution in [3.63, 3.8) is 0 Å². The van der Waals surface area contributed by atoms with Crippen molar-refractivity contribution in [2.24, 2.45) is 0 Å². The van der Waals surface area contributed by atoms with E-state index >= 15 is 0 Å². The first-order valence-corrected chi connectivity index (χ1v) is 14.4. The van der Waals surface area contributed by atoms with Crippen LogP contribution < -0.4 is 10.6 Å². The number of hydrogen-bond donors (Lipinski definition) is 3. The number of nitrogens with one attached hydrogen (secondary N) is 2. The van der Waals surface area contributed by atoms with Gasteiger partial charge in [0, 0.05) is 19.0 Å². The zero-order chi connectivity index (χ0) is 31.6. The predicted octanol–water partition coefficient (Wildman–Crippen LogP) is 4.11. The zero-order valence-corrected chi connectivity index (χ0v) is 26.6. The highest BCUT2D eigenvalue weighted by Gasteiger charge is 2.55. The summed E-state index contributed by atoms with van der Waals surface area (Å²) in [6.07, 6.45) is 0.298. The lowest BCUT2D eigenvalue weighted by Crippen LogP contribution is -2.54. The van der Waals surface area contributed by atoms with E-state index in [1.807, 2.05) is 27.7 Å². The molecule has 12 nitrogen and oxygen atoms in total. The molecule has 2 aliphatic heterocycles. The smallest absolute Gasteiger partial charge is 0.457 e. The van der Waals surface area contributed by atoms with E-state index in [2.05, 4.69) is 10.6 Å². The Kier molecular flexibility index (Phi) is 10.5. The summed E-state index contributed by atoms with van der Waals surface area (Å²) in [4.78, 5) is 52.2. The van der Waals surface area contributed by atoms with Gasteiger partial charge in [-0.25, -0.2) is 14.4 Å². The minimum absolute atomic E-state index is 0.0109. The Morgan fingerprint density at radius 3 is 2.00 bits per heavy atom. The van der Waals surface area contributed by atoms with Crippen LogP contribution in [-0.4, -0.2) is 87.8 Å². The number of ether oxygens (including phenoxy) is 2. The van der Waals surface area contributed by atoms with E-state index in [1.165, 1.54) is 11.8 Å². The van der Waals surface area contributed by atoms with Gasteiger partial charge in [-0.1, -0.05) is 12.8 Å². The highest BCUT2D eigenvalue weighted by molar-refractivity contribution is 6.45. The van der Waals surface area contributed by atoms with Gasteiger partial charge in [0.15, 0.2) is 0 Å². The molecular formula is C28H50BN3O9. The molecule has 0 bridgehead atoms. The molecule has 3 atom stereocenters. The Bertz CT molecular complexity index is 973. The van der Waals surface area contributed by atoms with Gasteiger partial charge in [-0.15, -0.1) is 0 Å². The number of carboxylic acid groups (broad SMARTS) is 1. The summed E-state index contributed by atoms with van der Waals surface area (Å²) in [5.74, 6) is -1.69. The molecule has 3 N–H and O–H groups in total. The summed E-state index contributed by atoms with van der Waals surface area (Å²) < 4.78 is 22.9. The molecule has 0 saturated carbocycles. The number of unbranched alkanes of at least 4 members (excludes halogenated alkanes) is 1. The maximum Gasteiger partial charge on any atom is 0.457 e. The average Bonchev–Trinajstić information content (AvgIpc) is 3.22. The van der Waals surface area contributed by atoms with Crippen molar-refractivity contribution in [3.05, 3.63) is 0 Å². The number of carboxylic acids is 1. The summed E-state index contributed by atoms with van der Waals surface area (Å²) >= 11 is 0. The van der Waals surface area contributed by atoms with Crippen LogP contribution >= 0.6 is 0 Å². The molecule has 2 fully saturated rings.